The molecule has 0 unspecified atom stereocenters. The summed E-state index contributed by atoms with van der Waals surface area (Å²) in [6.45, 7) is 3.98. The van der Waals surface area contributed by atoms with E-state index in [1.807, 2.05) is 56.3 Å². The van der Waals surface area contributed by atoms with Gasteiger partial charge >= 0.3 is 0 Å². The van der Waals surface area contributed by atoms with Gasteiger partial charge < -0.3 is 0 Å². The average molecular weight is 441 g/mol. The highest BCUT2D eigenvalue weighted by Crippen LogP contribution is 2.27. The summed E-state index contributed by atoms with van der Waals surface area (Å²) in [6, 6.07) is 20.3. The van der Waals surface area contributed by atoms with Gasteiger partial charge in [0.2, 0.25) is 0 Å². The van der Waals surface area contributed by atoms with Crippen molar-refractivity contribution < 1.29 is 0 Å². The monoisotopic (exact) mass is 440 g/mol. The van der Waals surface area contributed by atoms with Gasteiger partial charge in [0.1, 0.15) is 5.65 Å². The number of para-hydroxylation sites is 2. The molecule has 0 spiro atoms. The summed E-state index contributed by atoms with van der Waals surface area (Å²) in [5.41, 5.74) is 4.46. The molecule has 6 nitrogen and oxygen atoms in total. The fraction of sp³-hybridized carbons (Fsp3) is 0.120. The number of benzene rings is 2. The van der Waals surface area contributed by atoms with Gasteiger partial charge in [-0.1, -0.05) is 48.2 Å². The van der Waals surface area contributed by atoms with E-state index in [1.54, 1.807) is 29.0 Å². The van der Waals surface area contributed by atoms with Crippen LogP contribution in [-0.2, 0) is 5.75 Å². The molecule has 5 aromatic rings. The number of hydrogen-bond donors (Lipinski definition) is 0. The number of hydrogen-bond acceptors (Lipinski definition) is 5. The lowest BCUT2D eigenvalue weighted by molar-refractivity contribution is 0.808. The number of rotatable bonds is 4. The van der Waals surface area contributed by atoms with Crippen LogP contribution in [0, 0.1) is 13.8 Å². The lowest BCUT2D eigenvalue weighted by Gasteiger charge is -2.17. The Morgan fingerprint density at radius 1 is 0.875 bits per heavy atom. The van der Waals surface area contributed by atoms with E-state index in [1.165, 1.54) is 22.2 Å². The molecule has 0 saturated carbocycles. The molecular weight excluding hydrogens is 420 g/mol. The number of aromatic nitrogens is 4. The maximum atomic E-state index is 13.5. The molecule has 0 fully saturated rings. The number of nitrogens with zero attached hydrogens (tertiary/aromatic N) is 4. The number of pyridine rings is 1. The smallest absolute Gasteiger partial charge is 0.266 e. The second kappa shape index (κ2) is 8.09. The van der Waals surface area contributed by atoms with Crippen LogP contribution >= 0.6 is 11.8 Å². The van der Waals surface area contributed by atoms with Crippen LogP contribution < -0.4 is 11.1 Å². The third-order valence-electron chi connectivity index (χ3n) is 5.38. The van der Waals surface area contributed by atoms with Crippen molar-refractivity contribution in [3.05, 3.63) is 110 Å². The van der Waals surface area contributed by atoms with Gasteiger partial charge in [-0.3, -0.25) is 18.6 Å². The molecule has 0 saturated heterocycles. The van der Waals surface area contributed by atoms with Crippen molar-refractivity contribution in [3.63, 3.8) is 0 Å². The van der Waals surface area contributed by atoms with Gasteiger partial charge in [-0.25, -0.2) is 9.97 Å². The summed E-state index contributed by atoms with van der Waals surface area (Å²) in [6.07, 6.45) is 1.70. The quantitative estimate of drug-likeness (QED) is 0.308. The van der Waals surface area contributed by atoms with E-state index in [-0.39, 0.29) is 11.1 Å². The van der Waals surface area contributed by atoms with Gasteiger partial charge in [0.25, 0.3) is 11.1 Å². The van der Waals surface area contributed by atoms with Crippen molar-refractivity contribution >= 4 is 28.3 Å². The minimum absolute atomic E-state index is 0.109. The third kappa shape index (κ3) is 3.50. The van der Waals surface area contributed by atoms with Gasteiger partial charge in [-0.2, -0.15) is 0 Å². The molecular formula is C25H20N4O2S. The van der Waals surface area contributed by atoms with Crippen molar-refractivity contribution in [2.75, 3.05) is 0 Å². The molecule has 0 aliphatic rings. The highest BCUT2D eigenvalue weighted by molar-refractivity contribution is 7.98. The minimum atomic E-state index is -0.134. The number of thioether (sulfide) groups is 1. The van der Waals surface area contributed by atoms with Gasteiger partial charge in [0.05, 0.1) is 22.3 Å². The molecule has 3 aromatic heterocycles. The van der Waals surface area contributed by atoms with Crippen LogP contribution in [0.15, 0.2) is 87.7 Å². The Morgan fingerprint density at radius 2 is 1.62 bits per heavy atom. The van der Waals surface area contributed by atoms with E-state index < -0.39 is 0 Å². The molecule has 5 rings (SSSR count). The Morgan fingerprint density at radius 3 is 2.44 bits per heavy atom. The van der Waals surface area contributed by atoms with E-state index >= 15 is 0 Å². The first kappa shape index (κ1) is 20.2. The zero-order chi connectivity index (χ0) is 22.2. The first-order chi connectivity index (χ1) is 15.5. The van der Waals surface area contributed by atoms with Crippen LogP contribution in [0.1, 0.15) is 16.8 Å². The SMILES string of the molecule is Cc1cccc(C)c1-n1c(SCc2cc(=O)n3ccccc3n2)nc2ccccc2c1=O. The van der Waals surface area contributed by atoms with Crippen molar-refractivity contribution in [1.29, 1.82) is 0 Å². The fourth-order valence-corrected chi connectivity index (χ4v) is 4.77. The Labute approximate surface area is 188 Å². The minimum Gasteiger partial charge on any atom is -0.269 e. The largest absolute Gasteiger partial charge is 0.269 e. The van der Waals surface area contributed by atoms with E-state index in [0.717, 1.165) is 16.8 Å². The van der Waals surface area contributed by atoms with Crippen molar-refractivity contribution in [2.24, 2.45) is 0 Å². The van der Waals surface area contributed by atoms with Gasteiger partial charge in [0, 0.05) is 18.0 Å². The molecule has 32 heavy (non-hydrogen) atoms. The van der Waals surface area contributed by atoms with Crippen molar-refractivity contribution in [2.45, 2.75) is 24.8 Å². The van der Waals surface area contributed by atoms with E-state index in [0.29, 0.717) is 33.2 Å². The zero-order valence-electron chi connectivity index (χ0n) is 17.6. The van der Waals surface area contributed by atoms with Crippen LogP contribution in [0.5, 0.6) is 0 Å². The molecule has 0 bridgehead atoms. The van der Waals surface area contributed by atoms with Gasteiger partial charge in [-0.05, 0) is 49.2 Å². The van der Waals surface area contributed by atoms with Crippen molar-refractivity contribution in [1.82, 2.24) is 18.9 Å². The zero-order valence-corrected chi connectivity index (χ0v) is 18.5. The molecule has 0 aliphatic carbocycles. The van der Waals surface area contributed by atoms with Crippen LogP contribution in [0.4, 0.5) is 0 Å². The molecule has 0 N–H and O–H groups in total. The maximum Gasteiger partial charge on any atom is 0.266 e. The molecule has 2 aromatic carbocycles. The fourth-order valence-electron chi connectivity index (χ4n) is 3.88. The summed E-state index contributed by atoms with van der Waals surface area (Å²) in [7, 11) is 0. The normalized spacial score (nSPS) is 11.3. The third-order valence-corrected chi connectivity index (χ3v) is 6.35. The molecule has 0 aliphatic heterocycles. The van der Waals surface area contributed by atoms with E-state index in [2.05, 4.69) is 4.98 Å². The van der Waals surface area contributed by atoms with E-state index in [4.69, 9.17) is 4.98 Å². The number of aryl methyl sites for hydroxylation is 2. The molecule has 0 amide bonds. The highest BCUT2D eigenvalue weighted by Gasteiger charge is 2.17. The summed E-state index contributed by atoms with van der Waals surface area (Å²) in [4.78, 5) is 35.4. The summed E-state index contributed by atoms with van der Waals surface area (Å²) in [5, 5.41) is 1.14. The predicted octanol–water partition coefficient (Wildman–Crippen LogP) is 4.30. The average Bonchev–Trinajstić information content (AvgIpc) is 2.79. The van der Waals surface area contributed by atoms with E-state index in [9.17, 15) is 9.59 Å². The first-order valence-electron chi connectivity index (χ1n) is 10.2. The van der Waals surface area contributed by atoms with Crippen LogP contribution in [-0.4, -0.2) is 18.9 Å². The molecule has 158 valence electrons. The van der Waals surface area contributed by atoms with Crippen LogP contribution in [0.3, 0.4) is 0 Å². The second-order valence-electron chi connectivity index (χ2n) is 7.60. The topological polar surface area (TPSA) is 69.3 Å². The first-order valence-corrected chi connectivity index (χ1v) is 11.2. The van der Waals surface area contributed by atoms with Crippen molar-refractivity contribution in [3.8, 4) is 5.69 Å². The van der Waals surface area contributed by atoms with Gasteiger partial charge in [-0.15, -0.1) is 0 Å². The van der Waals surface area contributed by atoms with Crippen LogP contribution in [0.25, 0.3) is 22.2 Å². The summed E-state index contributed by atoms with van der Waals surface area (Å²) in [5.74, 6) is 0.413. The predicted molar refractivity (Wildman–Crippen MR) is 128 cm³/mol. The Kier molecular flexibility index (Phi) is 5.11. The summed E-state index contributed by atoms with van der Waals surface area (Å²) >= 11 is 1.40. The Hall–Kier alpha value is -3.71. The molecule has 7 heteroatoms. The van der Waals surface area contributed by atoms with Gasteiger partial charge in [0.15, 0.2) is 5.16 Å². The molecule has 0 radical (unpaired) electrons. The standard InChI is InChI=1S/C25H20N4O2S/c1-16-8-7-9-17(2)23(16)29-24(31)19-10-3-4-11-20(19)27-25(29)32-15-18-14-22(30)28-13-6-5-12-21(28)26-18/h3-14H,15H2,1-2H3. The molecule has 0 atom stereocenters. The lowest BCUT2D eigenvalue weighted by atomic mass is 10.1. The lowest BCUT2D eigenvalue weighted by Crippen LogP contribution is -2.23. The van der Waals surface area contributed by atoms with Crippen LogP contribution in [0.2, 0.25) is 0 Å². The second-order valence-corrected chi connectivity index (χ2v) is 8.54. The Bertz CT molecular complexity index is 1580. The molecule has 3 heterocycles. The maximum absolute atomic E-state index is 13.5. The Balaban J connectivity index is 1.65. The highest BCUT2D eigenvalue weighted by atomic mass is 32.2. The summed E-state index contributed by atoms with van der Waals surface area (Å²) < 4.78 is 3.20. The number of fused-ring (bicyclic) bond motifs is 2.